The number of epoxide rings is 1. The summed E-state index contributed by atoms with van der Waals surface area (Å²) < 4.78 is 30.9. The molecular formula is C10H21NO7P+. The number of likely N-dealkylation sites (N-methyl/N-ethyl adjacent to an activating group) is 1. The van der Waals surface area contributed by atoms with E-state index in [1.165, 1.54) is 0 Å². The lowest BCUT2D eigenvalue weighted by Gasteiger charge is -2.23. The number of phosphoric ester groups is 1. The average Bonchev–Trinajstić information content (AvgIpc) is 3.05. The van der Waals surface area contributed by atoms with Gasteiger partial charge in [0.15, 0.2) is 6.10 Å². The van der Waals surface area contributed by atoms with Crippen molar-refractivity contribution in [2.75, 3.05) is 54.1 Å². The molecule has 9 heteroatoms. The number of ether oxygens (including phenoxy) is 2. The summed E-state index contributed by atoms with van der Waals surface area (Å²) in [5.74, 6) is -0.484. The maximum atomic E-state index is 11.4. The molecule has 2 unspecified atom stereocenters. The maximum Gasteiger partial charge on any atom is 0.472 e. The van der Waals surface area contributed by atoms with Crippen molar-refractivity contribution in [1.82, 2.24) is 0 Å². The van der Waals surface area contributed by atoms with Crippen LogP contribution in [0.5, 0.6) is 0 Å². The minimum absolute atomic E-state index is 0.104. The molecule has 2 atom stereocenters. The Bertz CT molecular complexity index is 350. The summed E-state index contributed by atoms with van der Waals surface area (Å²) in [6.45, 7) is 0.736. The molecule has 1 N–H and O–H groups in total. The van der Waals surface area contributed by atoms with Crippen LogP contribution >= 0.6 is 7.82 Å². The van der Waals surface area contributed by atoms with Crippen LogP contribution in [0, 0.1) is 0 Å². The fraction of sp³-hybridized carbons (Fsp3) is 0.900. The number of esters is 1. The molecule has 0 amide bonds. The summed E-state index contributed by atoms with van der Waals surface area (Å²) in [4.78, 5) is 20.4. The van der Waals surface area contributed by atoms with E-state index in [2.05, 4.69) is 4.52 Å². The zero-order valence-electron chi connectivity index (χ0n) is 11.4. The van der Waals surface area contributed by atoms with Gasteiger partial charge in [-0.15, -0.1) is 0 Å². The number of hydrogen-bond donors (Lipinski definition) is 1. The Labute approximate surface area is 112 Å². The first kappa shape index (κ1) is 16.6. The number of quaternary nitrogens is 1. The lowest BCUT2D eigenvalue weighted by molar-refractivity contribution is -0.870. The average molecular weight is 298 g/mol. The minimum atomic E-state index is -4.08. The highest BCUT2D eigenvalue weighted by Gasteiger charge is 2.33. The van der Waals surface area contributed by atoms with Crippen molar-refractivity contribution in [2.45, 2.75) is 6.10 Å². The molecule has 0 aromatic heterocycles. The number of carbonyl (C=O) groups is 1. The number of rotatable bonds is 9. The summed E-state index contributed by atoms with van der Waals surface area (Å²) in [6, 6.07) is 0. The Hall–Kier alpha value is -0.500. The monoisotopic (exact) mass is 298 g/mol. The third kappa shape index (κ3) is 8.30. The predicted octanol–water partition coefficient (Wildman–Crippen LogP) is -0.232. The highest BCUT2D eigenvalue weighted by Crippen LogP contribution is 2.42. The van der Waals surface area contributed by atoms with E-state index in [1.807, 2.05) is 21.1 Å². The SMILES string of the molecule is C[N+](C)(C)CCOP(=O)(O)OCCOC(=O)C1CO1. The quantitative estimate of drug-likeness (QED) is 0.206. The van der Waals surface area contributed by atoms with Crippen LogP contribution < -0.4 is 0 Å². The van der Waals surface area contributed by atoms with Crippen LogP contribution in [0.2, 0.25) is 0 Å². The number of phosphoric acid groups is 1. The molecule has 1 aliphatic heterocycles. The Morgan fingerprint density at radius 1 is 1.32 bits per heavy atom. The van der Waals surface area contributed by atoms with E-state index < -0.39 is 19.9 Å². The van der Waals surface area contributed by atoms with Gasteiger partial charge >= 0.3 is 13.8 Å². The zero-order chi connectivity index (χ0) is 14.5. The molecule has 1 rings (SSSR count). The van der Waals surface area contributed by atoms with Gasteiger partial charge in [-0.25, -0.2) is 9.36 Å². The fourth-order valence-electron chi connectivity index (χ4n) is 1.04. The molecule has 0 saturated carbocycles. The molecule has 0 aromatic rings. The van der Waals surface area contributed by atoms with Crippen LogP contribution in [0.15, 0.2) is 0 Å². The van der Waals surface area contributed by atoms with E-state index in [1.54, 1.807) is 0 Å². The molecule has 1 fully saturated rings. The van der Waals surface area contributed by atoms with Gasteiger partial charge in [-0.05, 0) is 0 Å². The standard InChI is InChI=1S/C10H20NO7P/c1-11(2,3)4-5-17-19(13,14)18-7-6-15-10(12)9-8-16-9/h9H,4-8H2,1-3H3/p+1. The molecule has 0 aromatic carbocycles. The van der Waals surface area contributed by atoms with Gasteiger partial charge < -0.3 is 18.9 Å². The van der Waals surface area contributed by atoms with Crippen molar-refractivity contribution in [1.29, 1.82) is 0 Å². The topological polar surface area (TPSA) is 94.6 Å². The van der Waals surface area contributed by atoms with Crippen LogP contribution in [-0.2, 0) is 27.9 Å². The maximum absolute atomic E-state index is 11.4. The molecule has 8 nitrogen and oxygen atoms in total. The Balaban J connectivity index is 2.08. The number of carbonyl (C=O) groups excluding carboxylic acids is 1. The molecule has 1 heterocycles. The van der Waals surface area contributed by atoms with Gasteiger partial charge in [0, 0.05) is 0 Å². The second kappa shape index (κ2) is 6.78. The lowest BCUT2D eigenvalue weighted by Crippen LogP contribution is -2.37. The van der Waals surface area contributed by atoms with Crippen molar-refractivity contribution < 1.29 is 37.3 Å². The van der Waals surface area contributed by atoms with Gasteiger partial charge in [0.1, 0.15) is 19.8 Å². The van der Waals surface area contributed by atoms with E-state index in [0.717, 1.165) is 0 Å². The smallest absolute Gasteiger partial charge is 0.461 e. The van der Waals surface area contributed by atoms with Crippen molar-refractivity contribution >= 4 is 13.8 Å². The normalized spacial score (nSPS) is 21.8. The first-order chi connectivity index (χ1) is 8.70. The third-order valence-electron chi connectivity index (χ3n) is 2.19. The molecule has 0 aliphatic carbocycles. The van der Waals surface area contributed by atoms with Crippen LogP contribution in [0.4, 0.5) is 0 Å². The van der Waals surface area contributed by atoms with E-state index in [-0.39, 0.29) is 19.8 Å². The summed E-state index contributed by atoms with van der Waals surface area (Å²) in [6.07, 6.45) is -0.485. The molecule has 112 valence electrons. The number of hydrogen-bond acceptors (Lipinski definition) is 6. The zero-order valence-corrected chi connectivity index (χ0v) is 12.3. The van der Waals surface area contributed by atoms with Crippen LogP contribution in [0.25, 0.3) is 0 Å². The summed E-state index contributed by atoms with van der Waals surface area (Å²) >= 11 is 0. The first-order valence-electron chi connectivity index (χ1n) is 5.90. The highest BCUT2D eigenvalue weighted by atomic mass is 31.2. The second-order valence-electron chi connectivity index (χ2n) is 5.14. The fourth-order valence-corrected chi connectivity index (χ4v) is 1.73. The van der Waals surface area contributed by atoms with Gasteiger partial charge in [0.05, 0.1) is 34.4 Å². The first-order valence-corrected chi connectivity index (χ1v) is 7.40. The van der Waals surface area contributed by atoms with Gasteiger partial charge in [0.2, 0.25) is 0 Å². The lowest BCUT2D eigenvalue weighted by atomic mass is 10.5. The molecular weight excluding hydrogens is 277 g/mol. The molecule has 1 saturated heterocycles. The van der Waals surface area contributed by atoms with Gasteiger partial charge in [-0.1, -0.05) is 0 Å². The van der Waals surface area contributed by atoms with Crippen LogP contribution in [-0.4, -0.2) is 75.6 Å². The van der Waals surface area contributed by atoms with Crippen LogP contribution in [0.1, 0.15) is 0 Å². The van der Waals surface area contributed by atoms with Crippen molar-refractivity contribution in [3.05, 3.63) is 0 Å². The third-order valence-corrected chi connectivity index (χ3v) is 3.21. The van der Waals surface area contributed by atoms with Crippen molar-refractivity contribution in [3.63, 3.8) is 0 Å². The molecule has 0 radical (unpaired) electrons. The van der Waals surface area contributed by atoms with E-state index in [4.69, 9.17) is 14.0 Å². The largest absolute Gasteiger partial charge is 0.472 e. The predicted molar refractivity (Wildman–Crippen MR) is 65.3 cm³/mol. The Kier molecular flexibility index (Phi) is 5.91. The van der Waals surface area contributed by atoms with Gasteiger partial charge in [0.25, 0.3) is 0 Å². The molecule has 0 spiro atoms. The van der Waals surface area contributed by atoms with Crippen molar-refractivity contribution in [2.24, 2.45) is 0 Å². The second-order valence-corrected chi connectivity index (χ2v) is 6.59. The van der Waals surface area contributed by atoms with Crippen LogP contribution in [0.3, 0.4) is 0 Å². The number of nitrogens with zero attached hydrogens (tertiary/aromatic N) is 1. The molecule has 0 bridgehead atoms. The van der Waals surface area contributed by atoms with E-state index in [9.17, 15) is 14.3 Å². The van der Waals surface area contributed by atoms with Gasteiger partial charge in [-0.2, -0.15) is 0 Å². The summed E-state index contributed by atoms with van der Waals surface area (Å²) in [7, 11) is 1.73. The summed E-state index contributed by atoms with van der Waals surface area (Å²) in [5, 5.41) is 0. The van der Waals surface area contributed by atoms with Gasteiger partial charge in [-0.3, -0.25) is 9.05 Å². The van der Waals surface area contributed by atoms with Crippen molar-refractivity contribution in [3.8, 4) is 0 Å². The molecule has 19 heavy (non-hydrogen) atoms. The highest BCUT2D eigenvalue weighted by molar-refractivity contribution is 7.47. The van der Waals surface area contributed by atoms with E-state index >= 15 is 0 Å². The Morgan fingerprint density at radius 3 is 2.42 bits per heavy atom. The van der Waals surface area contributed by atoms with E-state index in [0.29, 0.717) is 17.6 Å². The minimum Gasteiger partial charge on any atom is -0.461 e. The molecule has 1 aliphatic rings. The Morgan fingerprint density at radius 2 is 1.89 bits per heavy atom. The summed E-state index contributed by atoms with van der Waals surface area (Å²) in [5.41, 5.74) is 0.